The largest absolute Gasteiger partial charge is 0.374 e. The molecule has 0 aliphatic rings. The summed E-state index contributed by atoms with van der Waals surface area (Å²) >= 11 is 0. The Morgan fingerprint density at radius 1 is 0.812 bits per heavy atom. The van der Waals surface area contributed by atoms with Gasteiger partial charge < -0.3 is 9.47 Å². The molecule has 0 amide bonds. The van der Waals surface area contributed by atoms with Gasteiger partial charge in [0.2, 0.25) is 0 Å². The van der Waals surface area contributed by atoms with E-state index in [9.17, 15) is 16.8 Å². The average molecular weight is 485 g/mol. The third-order valence-corrected chi connectivity index (χ3v) is 5.35. The molecule has 2 aromatic rings. The van der Waals surface area contributed by atoms with Gasteiger partial charge in [-0.25, -0.2) is 0 Å². The minimum absolute atomic E-state index is 0.0608. The van der Waals surface area contributed by atoms with Crippen LogP contribution in [0.15, 0.2) is 73.3 Å². The van der Waals surface area contributed by atoms with Crippen molar-refractivity contribution in [2.75, 3.05) is 19.1 Å². The van der Waals surface area contributed by atoms with Crippen molar-refractivity contribution >= 4 is 20.2 Å². The van der Waals surface area contributed by atoms with Crippen LogP contribution in [0.25, 0.3) is 0 Å². The molecule has 0 fully saturated rings. The minimum Gasteiger partial charge on any atom is -0.374 e. The summed E-state index contributed by atoms with van der Waals surface area (Å²) in [7, 11) is -7.83. The standard InChI is InChI=1S/C22H28O8S2/c1-4-20(29-31(2,23)24)22(28-16-19-13-9-6-10-14-19)21(30-32(3,25)26)17-27-15-18-11-7-5-8-12-18/h4-14,20-22H,1,15-17H2,2-3H3/t20-,21+,22+/m0/s1. The van der Waals surface area contributed by atoms with Gasteiger partial charge in [-0.05, 0) is 11.1 Å². The van der Waals surface area contributed by atoms with Crippen molar-refractivity contribution in [3.05, 3.63) is 84.4 Å². The van der Waals surface area contributed by atoms with Crippen LogP contribution >= 0.6 is 0 Å². The second-order valence-electron chi connectivity index (χ2n) is 7.10. The maximum atomic E-state index is 11.9. The van der Waals surface area contributed by atoms with E-state index in [1.807, 2.05) is 60.7 Å². The maximum absolute atomic E-state index is 11.9. The van der Waals surface area contributed by atoms with Crippen LogP contribution in [-0.4, -0.2) is 54.3 Å². The molecule has 3 atom stereocenters. The Bertz CT molecular complexity index is 1040. The topological polar surface area (TPSA) is 105 Å². The Labute approximate surface area is 190 Å². The molecule has 32 heavy (non-hydrogen) atoms. The Hall–Kier alpha value is -2.08. The van der Waals surface area contributed by atoms with Gasteiger partial charge in [0.15, 0.2) is 0 Å². The Balaban J connectivity index is 2.26. The molecule has 0 spiro atoms. The molecule has 0 heterocycles. The lowest BCUT2D eigenvalue weighted by molar-refractivity contribution is -0.0980. The van der Waals surface area contributed by atoms with Crippen LogP contribution in [0.5, 0.6) is 0 Å². The van der Waals surface area contributed by atoms with E-state index >= 15 is 0 Å². The van der Waals surface area contributed by atoms with Gasteiger partial charge in [-0.3, -0.25) is 8.37 Å². The van der Waals surface area contributed by atoms with Crippen LogP contribution in [0.1, 0.15) is 11.1 Å². The lowest BCUT2D eigenvalue weighted by Gasteiger charge is -2.30. The molecule has 0 unspecified atom stereocenters. The first kappa shape index (κ1) is 26.2. The van der Waals surface area contributed by atoms with Crippen LogP contribution in [-0.2, 0) is 51.3 Å². The first-order valence-electron chi connectivity index (χ1n) is 9.73. The van der Waals surface area contributed by atoms with Crippen molar-refractivity contribution < 1.29 is 34.7 Å². The molecule has 0 radical (unpaired) electrons. The number of hydrogen-bond donors (Lipinski definition) is 0. The zero-order chi connectivity index (χ0) is 23.6. The smallest absolute Gasteiger partial charge is 0.265 e. The lowest BCUT2D eigenvalue weighted by atomic mass is 10.1. The van der Waals surface area contributed by atoms with Crippen molar-refractivity contribution in [1.29, 1.82) is 0 Å². The highest BCUT2D eigenvalue weighted by molar-refractivity contribution is 7.86. The summed E-state index contributed by atoms with van der Waals surface area (Å²) in [4.78, 5) is 0. The predicted octanol–water partition coefficient (Wildman–Crippen LogP) is 2.66. The normalized spacial score (nSPS) is 15.1. The lowest BCUT2D eigenvalue weighted by Crippen LogP contribution is -2.45. The van der Waals surface area contributed by atoms with E-state index in [0.717, 1.165) is 23.6 Å². The van der Waals surface area contributed by atoms with E-state index in [2.05, 4.69) is 6.58 Å². The summed E-state index contributed by atoms with van der Waals surface area (Å²) in [6, 6.07) is 18.4. The zero-order valence-electron chi connectivity index (χ0n) is 18.0. The molecule has 0 bridgehead atoms. The highest BCUT2D eigenvalue weighted by atomic mass is 32.2. The highest BCUT2D eigenvalue weighted by Gasteiger charge is 2.35. The molecule has 2 aromatic carbocycles. The summed E-state index contributed by atoms with van der Waals surface area (Å²) in [5, 5.41) is 0. The van der Waals surface area contributed by atoms with Crippen LogP contribution < -0.4 is 0 Å². The molecule has 0 saturated carbocycles. The van der Waals surface area contributed by atoms with Crippen molar-refractivity contribution in [3.8, 4) is 0 Å². The molecule has 0 N–H and O–H groups in total. The molecular weight excluding hydrogens is 456 g/mol. The Kier molecular flexibility index (Phi) is 10.0. The number of ether oxygens (including phenoxy) is 2. The third-order valence-electron chi connectivity index (χ3n) is 4.19. The number of benzene rings is 2. The van der Waals surface area contributed by atoms with E-state index in [1.54, 1.807) is 0 Å². The van der Waals surface area contributed by atoms with Gasteiger partial charge in [-0.1, -0.05) is 66.7 Å². The number of hydrogen-bond acceptors (Lipinski definition) is 8. The van der Waals surface area contributed by atoms with Crippen LogP contribution in [0.3, 0.4) is 0 Å². The van der Waals surface area contributed by atoms with Crippen LogP contribution in [0.4, 0.5) is 0 Å². The highest BCUT2D eigenvalue weighted by Crippen LogP contribution is 2.20. The second kappa shape index (κ2) is 12.2. The monoisotopic (exact) mass is 484 g/mol. The van der Waals surface area contributed by atoms with Crippen LogP contribution in [0, 0.1) is 0 Å². The van der Waals surface area contributed by atoms with Gasteiger partial charge in [-0.15, -0.1) is 6.58 Å². The van der Waals surface area contributed by atoms with Gasteiger partial charge in [-0.2, -0.15) is 16.8 Å². The first-order valence-corrected chi connectivity index (χ1v) is 13.4. The Morgan fingerprint density at radius 2 is 1.31 bits per heavy atom. The second-order valence-corrected chi connectivity index (χ2v) is 10.3. The Morgan fingerprint density at radius 3 is 1.78 bits per heavy atom. The molecule has 8 nitrogen and oxygen atoms in total. The van der Waals surface area contributed by atoms with E-state index in [4.69, 9.17) is 17.8 Å². The molecule has 10 heteroatoms. The van der Waals surface area contributed by atoms with E-state index in [0.29, 0.717) is 0 Å². The van der Waals surface area contributed by atoms with E-state index in [-0.39, 0.29) is 19.8 Å². The molecule has 0 aliphatic carbocycles. The van der Waals surface area contributed by atoms with Gasteiger partial charge in [0.05, 0.1) is 32.3 Å². The molecular formula is C22H28O8S2. The molecule has 0 saturated heterocycles. The number of rotatable bonds is 14. The minimum atomic E-state index is -3.93. The van der Waals surface area contributed by atoms with Gasteiger partial charge in [0.1, 0.15) is 18.3 Å². The van der Waals surface area contributed by atoms with Crippen molar-refractivity contribution in [3.63, 3.8) is 0 Å². The van der Waals surface area contributed by atoms with E-state index < -0.39 is 38.5 Å². The zero-order valence-corrected chi connectivity index (χ0v) is 19.6. The molecule has 0 aromatic heterocycles. The van der Waals surface area contributed by atoms with Gasteiger partial charge in [0.25, 0.3) is 20.2 Å². The fraction of sp³-hybridized carbons (Fsp3) is 0.364. The summed E-state index contributed by atoms with van der Waals surface area (Å²) < 4.78 is 69.3. The SMILES string of the molecule is C=C[C@H](OS(C)(=O)=O)[C@@H](OCc1ccccc1)[C@@H](COCc1ccccc1)OS(C)(=O)=O. The molecule has 0 aliphatic heterocycles. The van der Waals surface area contributed by atoms with Crippen molar-refractivity contribution in [1.82, 2.24) is 0 Å². The molecule has 176 valence electrons. The first-order chi connectivity index (χ1) is 15.1. The fourth-order valence-electron chi connectivity index (χ4n) is 2.88. The summed E-state index contributed by atoms with van der Waals surface area (Å²) in [5.74, 6) is 0. The summed E-state index contributed by atoms with van der Waals surface area (Å²) in [6.45, 7) is 3.67. The van der Waals surface area contributed by atoms with Crippen LogP contribution in [0.2, 0.25) is 0 Å². The summed E-state index contributed by atoms with van der Waals surface area (Å²) in [6.07, 6.45) is -0.537. The third kappa shape index (κ3) is 10.0. The van der Waals surface area contributed by atoms with Gasteiger partial charge in [0, 0.05) is 0 Å². The fourth-order valence-corrected chi connectivity index (χ4v) is 4.09. The average Bonchev–Trinajstić information content (AvgIpc) is 2.72. The predicted molar refractivity (Wildman–Crippen MR) is 121 cm³/mol. The van der Waals surface area contributed by atoms with E-state index in [1.165, 1.54) is 6.08 Å². The maximum Gasteiger partial charge on any atom is 0.265 e. The van der Waals surface area contributed by atoms with Crippen molar-refractivity contribution in [2.45, 2.75) is 31.5 Å². The quantitative estimate of drug-likeness (QED) is 0.298. The van der Waals surface area contributed by atoms with Gasteiger partial charge >= 0.3 is 0 Å². The molecule has 2 rings (SSSR count). The van der Waals surface area contributed by atoms with Crippen molar-refractivity contribution in [2.24, 2.45) is 0 Å². The summed E-state index contributed by atoms with van der Waals surface area (Å²) in [5.41, 5.74) is 1.67.